The first-order chi connectivity index (χ1) is 7.09. The summed E-state index contributed by atoms with van der Waals surface area (Å²) in [4.78, 5) is 23.9. The van der Waals surface area contributed by atoms with Gasteiger partial charge in [0.15, 0.2) is 0 Å². The molecular formula is C9H12N2O4. The van der Waals surface area contributed by atoms with Crippen molar-refractivity contribution in [1.29, 1.82) is 0 Å². The first-order valence-corrected chi connectivity index (χ1v) is 4.44. The monoisotopic (exact) mass is 212 g/mol. The molecule has 1 aromatic rings. The molecule has 0 spiro atoms. The van der Waals surface area contributed by atoms with Crippen LogP contribution >= 0.6 is 0 Å². The summed E-state index contributed by atoms with van der Waals surface area (Å²) >= 11 is 0. The average Bonchev–Trinajstić information content (AvgIpc) is 2.63. The molecule has 15 heavy (non-hydrogen) atoms. The number of hydrogen-bond acceptors (Lipinski definition) is 3. The number of anilines is 1. The van der Waals surface area contributed by atoms with Crippen molar-refractivity contribution in [2.24, 2.45) is 0 Å². The summed E-state index contributed by atoms with van der Waals surface area (Å²) in [5, 5.41) is 20.0. The SMILES string of the molecule is O=C(O)CCC(Nc1ccc[nH]1)C(=O)O. The minimum atomic E-state index is -1.06. The number of carboxylic acids is 2. The van der Waals surface area contributed by atoms with E-state index in [1.54, 1.807) is 18.3 Å². The molecule has 0 bridgehead atoms. The molecule has 6 nitrogen and oxygen atoms in total. The Labute approximate surface area is 85.9 Å². The van der Waals surface area contributed by atoms with Crippen LogP contribution in [0.25, 0.3) is 0 Å². The topological polar surface area (TPSA) is 102 Å². The predicted molar refractivity (Wildman–Crippen MR) is 52.7 cm³/mol. The van der Waals surface area contributed by atoms with E-state index in [0.29, 0.717) is 5.82 Å². The average molecular weight is 212 g/mol. The normalized spacial score (nSPS) is 12.0. The fraction of sp³-hybridized carbons (Fsp3) is 0.333. The van der Waals surface area contributed by atoms with Gasteiger partial charge in [0.1, 0.15) is 11.9 Å². The smallest absolute Gasteiger partial charge is 0.326 e. The number of rotatable bonds is 6. The van der Waals surface area contributed by atoms with E-state index < -0.39 is 18.0 Å². The van der Waals surface area contributed by atoms with Crippen molar-refractivity contribution < 1.29 is 19.8 Å². The number of hydrogen-bond donors (Lipinski definition) is 4. The number of aliphatic carboxylic acids is 2. The largest absolute Gasteiger partial charge is 0.481 e. The van der Waals surface area contributed by atoms with Crippen LogP contribution in [0.1, 0.15) is 12.8 Å². The molecule has 0 radical (unpaired) electrons. The van der Waals surface area contributed by atoms with E-state index >= 15 is 0 Å². The Hall–Kier alpha value is -1.98. The molecule has 1 rings (SSSR count). The number of carbonyl (C=O) groups is 2. The van der Waals surface area contributed by atoms with Gasteiger partial charge in [0.2, 0.25) is 0 Å². The second-order valence-corrected chi connectivity index (χ2v) is 3.05. The predicted octanol–water partition coefficient (Wildman–Crippen LogP) is 0.745. The van der Waals surface area contributed by atoms with Crippen molar-refractivity contribution in [1.82, 2.24) is 4.98 Å². The summed E-state index contributed by atoms with van der Waals surface area (Å²) in [7, 11) is 0. The Morgan fingerprint density at radius 2 is 2.20 bits per heavy atom. The minimum Gasteiger partial charge on any atom is -0.481 e. The van der Waals surface area contributed by atoms with Crippen LogP contribution in [0.5, 0.6) is 0 Å². The van der Waals surface area contributed by atoms with Gasteiger partial charge >= 0.3 is 11.9 Å². The van der Waals surface area contributed by atoms with Gasteiger partial charge in [-0.1, -0.05) is 0 Å². The standard InChI is InChI=1S/C9H12N2O4/c12-8(13)4-3-6(9(14)15)11-7-2-1-5-10-7/h1-2,5-6,10-11H,3-4H2,(H,12,13)(H,14,15). The Morgan fingerprint density at radius 3 is 2.67 bits per heavy atom. The van der Waals surface area contributed by atoms with E-state index in [1.165, 1.54) is 0 Å². The summed E-state index contributed by atoms with van der Waals surface area (Å²) in [6.07, 6.45) is 1.52. The zero-order valence-electron chi connectivity index (χ0n) is 7.93. The molecule has 0 aliphatic heterocycles. The van der Waals surface area contributed by atoms with Crippen LogP contribution in [0.4, 0.5) is 5.82 Å². The minimum absolute atomic E-state index is 0.0453. The third kappa shape index (κ3) is 3.72. The lowest BCUT2D eigenvalue weighted by Crippen LogP contribution is -2.30. The van der Waals surface area contributed by atoms with Gasteiger partial charge in [0, 0.05) is 12.6 Å². The summed E-state index contributed by atoms with van der Waals surface area (Å²) in [6, 6.07) is 2.51. The van der Waals surface area contributed by atoms with Gasteiger partial charge in [-0.3, -0.25) is 4.79 Å². The quantitative estimate of drug-likeness (QED) is 0.557. The maximum atomic E-state index is 10.8. The van der Waals surface area contributed by atoms with Gasteiger partial charge in [-0.2, -0.15) is 0 Å². The summed E-state index contributed by atoms with van der Waals surface area (Å²) in [6.45, 7) is 0. The fourth-order valence-corrected chi connectivity index (χ4v) is 1.13. The molecule has 0 aliphatic carbocycles. The van der Waals surface area contributed by atoms with Crippen LogP contribution in [0.15, 0.2) is 18.3 Å². The number of aromatic amines is 1. The number of nitrogens with one attached hydrogen (secondary N) is 2. The first-order valence-electron chi connectivity index (χ1n) is 4.44. The number of carboxylic acid groups (broad SMARTS) is 2. The van der Waals surface area contributed by atoms with E-state index in [2.05, 4.69) is 10.3 Å². The van der Waals surface area contributed by atoms with Crippen LogP contribution in [0.2, 0.25) is 0 Å². The molecule has 0 amide bonds. The second-order valence-electron chi connectivity index (χ2n) is 3.05. The third-order valence-corrected chi connectivity index (χ3v) is 1.87. The van der Waals surface area contributed by atoms with Gasteiger partial charge in [0.25, 0.3) is 0 Å². The van der Waals surface area contributed by atoms with Crippen LogP contribution in [0, 0.1) is 0 Å². The molecule has 0 saturated heterocycles. The van der Waals surface area contributed by atoms with Gasteiger partial charge in [-0.15, -0.1) is 0 Å². The maximum absolute atomic E-state index is 10.8. The molecule has 82 valence electrons. The molecule has 1 atom stereocenters. The van der Waals surface area contributed by atoms with Crippen molar-refractivity contribution in [3.63, 3.8) is 0 Å². The first kappa shape index (κ1) is 11.1. The van der Waals surface area contributed by atoms with Gasteiger partial charge in [-0.25, -0.2) is 4.79 Å². The molecular weight excluding hydrogens is 200 g/mol. The van der Waals surface area contributed by atoms with Crippen molar-refractivity contribution in [3.8, 4) is 0 Å². The number of aromatic nitrogens is 1. The highest BCUT2D eigenvalue weighted by Gasteiger charge is 2.18. The van der Waals surface area contributed by atoms with E-state index in [9.17, 15) is 9.59 Å². The molecule has 0 aliphatic rings. The Balaban J connectivity index is 2.51. The zero-order chi connectivity index (χ0) is 11.3. The molecule has 4 N–H and O–H groups in total. The lowest BCUT2D eigenvalue weighted by atomic mass is 10.1. The van der Waals surface area contributed by atoms with E-state index in [1.807, 2.05) is 0 Å². The Bertz CT molecular complexity index is 334. The maximum Gasteiger partial charge on any atom is 0.326 e. The van der Waals surface area contributed by atoms with Gasteiger partial charge in [-0.05, 0) is 18.6 Å². The molecule has 1 unspecified atom stereocenters. The lowest BCUT2D eigenvalue weighted by molar-refractivity contribution is -0.139. The summed E-state index contributed by atoms with van der Waals surface area (Å²) in [5.74, 6) is -1.51. The molecule has 0 aromatic carbocycles. The second kappa shape index (κ2) is 5.04. The third-order valence-electron chi connectivity index (χ3n) is 1.87. The highest BCUT2D eigenvalue weighted by molar-refractivity contribution is 5.78. The molecule has 1 heterocycles. The van der Waals surface area contributed by atoms with Gasteiger partial charge in [0.05, 0.1) is 0 Å². The molecule has 0 fully saturated rings. The fourth-order valence-electron chi connectivity index (χ4n) is 1.13. The Morgan fingerprint density at radius 1 is 1.47 bits per heavy atom. The van der Waals surface area contributed by atoms with Crippen LogP contribution in [-0.2, 0) is 9.59 Å². The van der Waals surface area contributed by atoms with Crippen molar-refractivity contribution in [2.45, 2.75) is 18.9 Å². The highest BCUT2D eigenvalue weighted by atomic mass is 16.4. The van der Waals surface area contributed by atoms with E-state index in [4.69, 9.17) is 10.2 Å². The van der Waals surface area contributed by atoms with Crippen molar-refractivity contribution >= 4 is 17.8 Å². The van der Waals surface area contributed by atoms with E-state index in [0.717, 1.165) is 0 Å². The Kier molecular flexibility index (Phi) is 3.73. The van der Waals surface area contributed by atoms with Crippen molar-refractivity contribution in [2.75, 3.05) is 5.32 Å². The number of H-pyrrole nitrogens is 1. The zero-order valence-corrected chi connectivity index (χ0v) is 7.93. The van der Waals surface area contributed by atoms with Gasteiger partial charge < -0.3 is 20.5 Å². The summed E-state index contributed by atoms with van der Waals surface area (Å²) < 4.78 is 0. The molecule has 0 saturated carbocycles. The highest BCUT2D eigenvalue weighted by Crippen LogP contribution is 2.08. The van der Waals surface area contributed by atoms with E-state index in [-0.39, 0.29) is 12.8 Å². The lowest BCUT2D eigenvalue weighted by Gasteiger charge is -2.12. The summed E-state index contributed by atoms with van der Waals surface area (Å²) in [5.41, 5.74) is 0. The van der Waals surface area contributed by atoms with Crippen LogP contribution in [0.3, 0.4) is 0 Å². The molecule has 1 aromatic heterocycles. The van der Waals surface area contributed by atoms with Crippen molar-refractivity contribution in [3.05, 3.63) is 18.3 Å². The molecule has 6 heteroatoms. The van der Waals surface area contributed by atoms with Crippen LogP contribution in [-0.4, -0.2) is 33.2 Å². The van der Waals surface area contributed by atoms with Crippen LogP contribution < -0.4 is 5.32 Å².